The van der Waals surface area contributed by atoms with Crippen LogP contribution in [0.2, 0.25) is 0 Å². The van der Waals surface area contributed by atoms with E-state index in [1.165, 1.54) is 0 Å². The lowest BCUT2D eigenvalue weighted by atomic mass is 9.98. The number of hydrogen-bond donors (Lipinski definition) is 1. The van der Waals surface area contributed by atoms with Gasteiger partial charge in [-0.05, 0) is 38.4 Å². The molecule has 1 N–H and O–H groups in total. The summed E-state index contributed by atoms with van der Waals surface area (Å²) in [6.07, 6.45) is 1.25. The van der Waals surface area contributed by atoms with E-state index in [4.69, 9.17) is 21.7 Å². The summed E-state index contributed by atoms with van der Waals surface area (Å²) in [5, 5.41) is 0. The van der Waals surface area contributed by atoms with Crippen LogP contribution in [0, 0.1) is 10.7 Å². The van der Waals surface area contributed by atoms with Gasteiger partial charge in [0.25, 0.3) is 0 Å². The molecule has 1 aliphatic heterocycles. The lowest BCUT2D eigenvalue weighted by Gasteiger charge is -2.15. The molecule has 1 aromatic heterocycles. The normalized spacial score (nSPS) is 16.6. The Morgan fingerprint density at radius 1 is 1.32 bits per heavy atom. The fraction of sp³-hybridized carbons (Fsp3) is 0.667. The molecule has 0 radical (unpaired) electrons. The highest BCUT2D eigenvalue weighted by atomic mass is 32.1. The summed E-state index contributed by atoms with van der Waals surface area (Å²) in [6.45, 7) is 6.88. The second kappa shape index (κ2) is 7.09. The van der Waals surface area contributed by atoms with Crippen LogP contribution in [0.15, 0.2) is 0 Å². The van der Waals surface area contributed by atoms with Crippen molar-refractivity contribution < 1.29 is 19.1 Å². The van der Waals surface area contributed by atoms with Gasteiger partial charge in [-0.15, -0.1) is 0 Å². The molecule has 1 aromatic rings. The van der Waals surface area contributed by atoms with Gasteiger partial charge in [0.1, 0.15) is 0 Å². The Labute approximate surface area is 134 Å². The first kappa shape index (κ1) is 16.7. The number of rotatable bonds is 6. The van der Waals surface area contributed by atoms with Crippen LogP contribution < -0.4 is 0 Å². The SMILES string of the molecule is CCOC(=O)C(Cc1[nH]c(=S)n2c1C(C)CC2)C(=O)OCC. The van der Waals surface area contributed by atoms with Crippen LogP contribution in [0.1, 0.15) is 44.5 Å². The zero-order valence-corrected chi connectivity index (χ0v) is 14.0. The number of H-pyrrole nitrogens is 1. The van der Waals surface area contributed by atoms with Crippen LogP contribution in [0.25, 0.3) is 0 Å². The number of carbonyl (C=O) groups is 2. The van der Waals surface area contributed by atoms with E-state index in [-0.39, 0.29) is 19.6 Å². The minimum atomic E-state index is -0.953. The smallest absolute Gasteiger partial charge is 0.320 e. The van der Waals surface area contributed by atoms with Crippen molar-refractivity contribution in [3.8, 4) is 0 Å². The number of fused-ring (bicyclic) bond motifs is 1. The zero-order chi connectivity index (χ0) is 16.3. The molecule has 0 saturated heterocycles. The molecular formula is C15H22N2O4S. The van der Waals surface area contributed by atoms with Gasteiger partial charge in [0.05, 0.1) is 13.2 Å². The van der Waals surface area contributed by atoms with Crippen LogP contribution in [0.4, 0.5) is 0 Å². The molecule has 0 aromatic carbocycles. The van der Waals surface area contributed by atoms with Crippen LogP contribution in [-0.4, -0.2) is 34.7 Å². The molecule has 7 heteroatoms. The maximum atomic E-state index is 12.1. The zero-order valence-electron chi connectivity index (χ0n) is 13.2. The molecule has 0 bridgehead atoms. The fourth-order valence-electron chi connectivity index (χ4n) is 2.89. The molecule has 0 amide bonds. The van der Waals surface area contributed by atoms with Crippen molar-refractivity contribution in [1.29, 1.82) is 0 Å². The van der Waals surface area contributed by atoms with Crippen LogP contribution in [0.3, 0.4) is 0 Å². The molecule has 6 nitrogen and oxygen atoms in total. The highest BCUT2D eigenvalue weighted by molar-refractivity contribution is 7.71. The quantitative estimate of drug-likeness (QED) is 0.493. The molecule has 2 rings (SSSR count). The monoisotopic (exact) mass is 326 g/mol. The van der Waals surface area contributed by atoms with Gasteiger partial charge < -0.3 is 19.0 Å². The van der Waals surface area contributed by atoms with E-state index in [9.17, 15) is 9.59 Å². The van der Waals surface area contributed by atoms with Crippen LogP contribution >= 0.6 is 12.2 Å². The third-order valence-corrected chi connectivity index (χ3v) is 4.23. The number of aromatic nitrogens is 2. The number of carbonyl (C=O) groups excluding carboxylic acids is 2. The maximum Gasteiger partial charge on any atom is 0.320 e. The highest BCUT2D eigenvalue weighted by Gasteiger charge is 2.33. The molecule has 0 spiro atoms. The topological polar surface area (TPSA) is 73.3 Å². The summed E-state index contributed by atoms with van der Waals surface area (Å²) >= 11 is 5.31. The van der Waals surface area contributed by atoms with E-state index < -0.39 is 17.9 Å². The number of hydrogen-bond acceptors (Lipinski definition) is 5. The van der Waals surface area contributed by atoms with E-state index in [1.807, 2.05) is 4.57 Å². The second-order valence-corrected chi connectivity index (χ2v) is 5.78. The Morgan fingerprint density at radius 2 is 1.91 bits per heavy atom. The number of nitrogens with zero attached hydrogens (tertiary/aromatic N) is 1. The minimum absolute atomic E-state index is 0.230. The number of nitrogens with one attached hydrogen (secondary N) is 1. The molecule has 22 heavy (non-hydrogen) atoms. The van der Waals surface area contributed by atoms with Gasteiger partial charge in [0.15, 0.2) is 10.7 Å². The van der Waals surface area contributed by atoms with Crippen molar-refractivity contribution in [3.63, 3.8) is 0 Å². The maximum absolute atomic E-state index is 12.1. The lowest BCUT2D eigenvalue weighted by Crippen LogP contribution is -2.30. The van der Waals surface area contributed by atoms with Crippen molar-refractivity contribution in [2.24, 2.45) is 5.92 Å². The van der Waals surface area contributed by atoms with Gasteiger partial charge in [0, 0.05) is 24.4 Å². The van der Waals surface area contributed by atoms with E-state index in [0.717, 1.165) is 24.4 Å². The Bertz CT molecular complexity index is 602. The number of ether oxygens (including phenoxy) is 2. The third kappa shape index (κ3) is 3.24. The van der Waals surface area contributed by atoms with Crippen molar-refractivity contribution in [2.75, 3.05) is 13.2 Å². The van der Waals surface area contributed by atoms with Gasteiger partial charge in [0.2, 0.25) is 0 Å². The molecule has 2 heterocycles. The Morgan fingerprint density at radius 3 is 2.45 bits per heavy atom. The van der Waals surface area contributed by atoms with Gasteiger partial charge in [-0.1, -0.05) is 6.92 Å². The summed E-state index contributed by atoms with van der Waals surface area (Å²) in [7, 11) is 0. The number of imidazole rings is 1. The van der Waals surface area contributed by atoms with Crippen LogP contribution in [-0.2, 0) is 32.0 Å². The van der Waals surface area contributed by atoms with E-state index in [1.54, 1.807) is 13.8 Å². The van der Waals surface area contributed by atoms with Crippen molar-refractivity contribution in [3.05, 3.63) is 16.2 Å². The molecule has 1 aliphatic rings. The van der Waals surface area contributed by atoms with E-state index >= 15 is 0 Å². The average molecular weight is 326 g/mol. The second-order valence-electron chi connectivity index (χ2n) is 5.40. The number of aromatic amines is 1. The Hall–Kier alpha value is -1.63. The molecular weight excluding hydrogens is 304 g/mol. The predicted molar refractivity (Wildman–Crippen MR) is 83.1 cm³/mol. The largest absolute Gasteiger partial charge is 0.465 e. The summed E-state index contributed by atoms with van der Waals surface area (Å²) < 4.78 is 12.7. The molecule has 122 valence electrons. The van der Waals surface area contributed by atoms with Gasteiger partial charge in [-0.25, -0.2) is 0 Å². The van der Waals surface area contributed by atoms with Gasteiger partial charge >= 0.3 is 11.9 Å². The summed E-state index contributed by atoms with van der Waals surface area (Å²) in [5.41, 5.74) is 1.92. The highest BCUT2D eigenvalue weighted by Crippen LogP contribution is 2.31. The first-order valence-corrected chi connectivity index (χ1v) is 8.05. The summed E-state index contributed by atoms with van der Waals surface area (Å²) in [4.78, 5) is 27.3. The standard InChI is InChI=1S/C15H22N2O4S/c1-4-20-13(18)10(14(19)21-5-2)8-11-12-9(3)6-7-17(12)15(22)16-11/h9-10H,4-8H2,1-3H3,(H,16,22). The minimum Gasteiger partial charge on any atom is -0.465 e. The van der Waals surface area contributed by atoms with Crippen molar-refractivity contribution in [1.82, 2.24) is 9.55 Å². The molecule has 0 saturated carbocycles. The van der Waals surface area contributed by atoms with Crippen LogP contribution in [0.5, 0.6) is 0 Å². The van der Waals surface area contributed by atoms with Crippen molar-refractivity contribution >= 4 is 24.2 Å². The molecule has 1 unspecified atom stereocenters. The number of esters is 2. The molecule has 0 fully saturated rings. The molecule has 1 atom stereocenters. The van der Waals surface area contributed by atoms with Crippen molar-refractivity contribution in [2.45, 2.75) is 46.1 Å². The van der Waals surface area contributed by atoms with Gasteiger partial charge in [-0.2, -0.15) is 0 Å². The third-order valence-electron chi connectivity index (χ3n) is 3.91. The Balaban J connectivity index is 2.28. The van der Waals surface area contributed by atoms with E-state index in [2.05, 4.69) is 11.9 Å². The summed E-state index contributed by atoms with van der Waals surface area (Å²) in [5.74, 6) is -1.70. The average Bonchev–Trinajstić information content (AvgIpc) is 2.99. The first-order chi connectivity index (χ1) is 10.5. The molecule has 0 aliphatic carbocycles. The fourth-order valence-corrected chi connectivity index (χ4v) is 3.20. The Kier molecular flexibility index (Phi) is 5.39. The predicted octanol–water partition coefficient (Wildman–Crippen LogP) is 2.34. The van der Waals surface area contributed by atoms with Gasteiger partial charge in [-0.3, -0.25) is 9.59 Å². The lowest BCUT2D eigenvalue weighted by molar-refractivity contribution is -0.161. The summed E-state index contributed by atoms with van der Waals surface area (Å²) in [6, 6.07) is 0. The first-order valence-electron chi connectivity index (χ1n) is 7.64. The van der Waals surface area contributed by atoms with E-state index in [0.29, 0.717) is 10.7 Å².